The van der Waals surface area contributed by atoms with Crippen LogP contribution in [0.3, 0.4) is 0 Å². The number of nitrogens with one attached hydrogen (secondary N) is 1. The monoisotopic (exact) mass is 502 g/mol. The molecule has 7 heteroatoms. The minimum atomic E-state index is -0.244. The fraction of sp³-hybridized carbons (Fsp3) is 0.214. The van der Waals surface area contributed by atoms with Crippen LogP contribution in [-0.2, 0) is 0 Å². The van der Waals surface area contributed by atoms with Gasteiger partial charge < -0.3 is 19.9 Å². The second kappa shape index (κ2) is 9.02. The van der Waals surface area contributed by atoms with E-state index in [2.05, 4.69) is 66.8 Å². The lowest BCUT2D eigenvalue weighted by Gasteiger charge is -2.29. The smallest absolute Gasteiger partial charge is 0.174 e. The Hall–Kier alpha value is -3.35. The van der Waals surface area contributed by atoms with Crippen LogP contribution < -0.4 is 10.2 Å². The highest BCUT2D eigenvalue weighted by atomic mass is 35.5. The van der Waals surface area contributed by atoms with E-state index in [1.54, 1.807) is 24.4 Å². The molecule has 1 aliphatic heterocycles. The zero-order valence-corrected chi connectivity index (χ0v) is 21.7. The number of aromatic nitrogens is 2. The summed E-state index contributed by atoms with van der Waals surface area (Å²) < 4.78 is 2.30. The molecule has 2 aromatic heterocycles. The number of hydrogen-bond acceptors (Lipinski definition) is 3. The number of hydrogen-bond donors (Lipinski definition) is 2. The molecule has 0 unspecified atom stereocenters. The van der Waals surface area contributed by atoms with Gasteiger partial charge in [0, 0.05) is 28.3 Å². The molecule has 178 valence electrons. The van der Waals surface area contributed by atoms with E-state index in [4.69, 9.17) is 23.8 Å². The van der Waals surface area contributed by atoms with E-state index in [1.807, 2.05) is 23.1 Å². The lowest BCUT2D eigenvalue weighted by atomic mass is 9.96. The second-order valence-electron chi connectivity index (χ2n) is 9.08. The summed E-state index contributed by atoms with van der Waals surface area (Å²) in [5.74, 6) is 0.119. The molecule has 4 aromatic rings. The van der Waals surface area contributed by atoms with Crippen molar-refractivity contribution in [1.82, 2.24) is 14.9 Å². The van der Waals surface area contributed by atoms with Gasteiger partial charge in [0.2, 0.25) is 0 Å². The molecule has 0 amide bonds. The van der Waals surface area contributed by atoms with Crippen LogP contribution in [0.15, 0.2) is 66.9 Å². The van der Waals surface area contributed by atoms with Gasteiger partial charge in [0.15, 0.2) is 5.11 Å². The Kier molecular flexibility index (Phi) is 6.03. The number of aryl methyl sites for hydroxylation is 3. The second-order valence-corrected chi connectivity index (χ2v) is 9.90. The minimum Gasteiger partial charge on any atom is -0.506 e. The van der Waals surface area contributed by atoms with Gasteiger partial charge in [0.1, 0.15) is 5.75 Å². The molecule has 2 atom stereocenters. The lowest BCUT2D eigenvalue weighted by molar-refractivity contribution is 0.472. The third-order valence-electron chi connectivity index (χ3n) is 6.69. The molecule has 0 saturated carbocycles. The summed E-state index contributed by atoms with van der Waals surface area (Å²) in [7, 11) is 0. The molecule has 2 aromatic carbocycles. The fourth-order valence-electron chi connectivity index (χ4n) is 5.04. The maximum Gasteiger partial charge on any atom is 0.174 e. The predicted molar refractivity (Wildman–Crippen MR) is 146 cm³/mol. The molecule has 1 fully saturated rings. The van der Waals surface area contributed by atoms with E-state index in [1.165, 1.54) is 11.1 Å². The van der Waals surface area contributed by atoms with Crippen LogP contribution in [0.25, 0.3) is 5.69 Å². The van der Waals surface area contributed by atoms with Gasteiger partial charge in [-0.3, -0.25) is 4.98 Å². The van der Waals surface area contributed by atoms with Gasteiger partial charge >= 0.3 is 0 Å². The standard InChI is InChI=1S/C28H27ClN4OS/c1-16-8-9-17(2)23(13-16)32-18(3)14-21(19(32)4)27-26(22-7-5-6-12-30-22)31-28(35)33(27)24-15-20(29)10-11-25(24)34/h5-15,26-27,34H,1-4H3,(H,31,35)/t26-,27+/m0/s1. The van der Waals surface area contributed by atoms with Crippen LogP contribution >= 0.6 is 23.8 Å². The van der Waals surface area contributed by atoms with Crippen LogP contribution in [0, 0.1) is 27.7 Å². The van der Waals surface area contributed by atoms with E-state index < -0.39 is 0 Å². The molecule has 1 aliphatic rings. The van der Waals surface area contributed by atoms with Crippen molar-refractivity contribution in [2.45, 2.75) is 39.8 Å². The van der Waals surface area contributed by atoms with E-state index >= 15 is 0 Å². The third-order valence-corrected chi connectivity index (χ3v) is 7.24. The van der Waals surface area contributed by atoms with Gasteiger partial charge in [-0.1, -0.05) is 29.8 Å². The molecule has 1 saturated heterocycles. The van der Waals surface area contributed by atoms with Crippen molar-refractivity contribution >= 4 is 34.6 Å². The molecule has 0 aliphatic carbocycles. The summed E-state index contributed by atoms with van der Waals surface area (Å²) in [5.41, 5.74) is 8.35. The Balaban J connectivity index is 1.73. The highest BCUT2D eigenvalue weighted by molar-refractivity contribution is 7.80. The highest BCUT2D eigenvalue weighted by Gasteiger charge is 2.43. The molecular formula is C28H27ClN4OS. The number of pyridine rings is 1. The van der Waals surface area contributed by atoms with Gasteiger partial charge in [0.05, 0.1) is 23.5 Å². The molecular weight excluding hydrogens is 476 g/mol. The van der Waals surface area contributed by atoms with Gasteiger partial charge in [0.25, 0.3) is 0 Å². The summed E-state index contributed by atoms with van der Waals surface area (Å²) in [4.78, 5) is 6.60. The molecule has 2 N–H and O–H groups in total. The largest absolute Gasteiger partial charge is 0.506 e. The van der Waals surface area contributed by atoms with Crippen LogP contribution in [0.4, 0.5) is 5.69 Å². The van der Waals surface area contributed by atoms with Gasteiger partial charge in [-0.2, -0.15) is 0 Å². The van der Waals surface area contributed by atoms with Crippen LogP contribution in [0.1, 0.15) is 45.9 Å². The first-order valence-corrected chi connectivity index (χ1v) is 12.3. The van der Waals surface area contributed by atoms with E-state index in [0.29, 0.717) is 15.8 Å². The molecule has 5 rings (SSSR count). The first-order valence-electron chi connectivity index (χ1n) is 11.5. The molecule has 0 radical (unpaired) electrons. The summed E-state index contributed by atoms with van der Waals surface area (Å²) in [6.45, 7) is 8.50. The zero-order chi connectivity index (χ0) is 24.9. The van der Waals surface area contributed by atoms with Crippen molar-refractivity contribution in [1.29, 1.82) is 0 Å². The normalized spacial score (nSPS) is 17.6. The lowest BCUT2D eigenvalue weighted by Crippen LogP contribution is -2.29. The third kappa shape index (κ3) is 4.07. The molecule has 5 nitrogen and oxygen atoms in total. The quantitative estimate of drug-likeness (QED) is 0.306. The summed E-state index contributed by atoms with van der Waals surface area (Å²) in [6, 6.07) is 19.2. The number of phenolic OH excluding ortho intramolecular Hbond substituents is 1. The van der Waals surface area contributed by atoms with Gasteiger partial charge in [-0.25, -0.2) is 0 Å². The first-order chi connectivity index (χ1) is 16.8. The average molecular weight is 503 g/mol. The van der Waals surface area contributed by atoms with E-state index in [-0.39, 0.29) is 17.8 Å². The van der Waals surface area contributed by atoms with Crippen LogP contribution in [-0.4, -0.2) is 19.8 Å². The number of halogens is 1. The van der Waals surface area contributed by atoms with Crippen LogP contribution in [0.5, 0.6) is 5.75 Å². The summed E-state index contributed by atoms with van der Waals surface area (Å²) in [6.07, 6.45) is 1.79. The number of aromatic hydroxyl groups is 1. The summed E-state index contributed by atoms with van der Waals surface area (Å²) >= 11 is 12.2. The van der Waals surface area contributed by atoms with E-state index in [0.717, 1.165) is 28.3 Å². The van der Waals surface area contributed by atoms with Crippen molar-refractivity contribution in [2.75, 3.05) is 4.90 Å². The fourth-order valence-corrected chi connectivity index (χ4v) is 5.54. The van der Waals surface area contributed by atoms with Crippen LogP contribution in [0.2, 0.25) is 5.02 Å². The molecule has 0 spiro atoms. The highest BCUT2D eigenvalue weighted by Crippen LogP contribution is 2.46. The SMILES string of the molecule is Cc1ccc(C)c(-n2c(C)cc([C@@H]3[C@H](c4ccccn4)NC(=S)N3c3cc(Cl)ccc3O)c2C)c1. The number of rotatable bonds is 4. The van der Waals surface area contributed by atoms with Gasteiger partial charge in [-0.05, 0) is 99.1 Å². The Labute approximate surface area is 216 Å². The topological polar surface area (TPSA) is 53.3 Å². The molecule has 35 heavy (non-hydrogen) atoms. The maximum atomic E-state index is 10.8. The maximum absolute atomic E-state index is 10.8. The molecule has 0 bridgehead atoms. The number of anilines is 1. The van der Waals surface area contributed by atoms with Crippen molar-refractivity contribution in [3.8, 4) is 11.4 Å². The first kappa shape index (κ1) is 23.4. The average Bonchev–Trinajstić information content (AvgIpc) is 3.33. The van der Waals surface area contributed by atoms with Crippen molar-refractivity contribution in [3.05, 3.63) is 106 Å². The number of phenols is 1. The Morgan fingerprint density at radius 2 is 1.77 bits per heavy atom. The zero-order valence-electron chi connectivity index (χ0n) is 20.1. The van der Waals surface area contributed by atoms with Crippen molar-refractivity contribution in [2.24, 2.45) is 0 Å². The predicted octanol–water partition coefficient (Wildman–Crippen LogP) is 6.64. The number of thiocarbonyl (C=S) groups is 1. The van der Waals surface area contributed by atoms with Crippen molar-refractivity contribution < 1.29 is 5.11 Å². The van der Waals surface area contributed by atoms with Gasteiger partial charge in [-0.15, -0.1) is 0 Å². The Morgan fingerprint density at radius 3 is 2.51 bits per heavy atom. The number of nitrogens with zero attached hydrogens (tertiary/aromatic N) is 3. The van der Waals surface area contributed by atoms with Crippen molar-refractivity contribution in [3.63, 3.8) is 0 Å². The Morgan fingerprint density at radius 1 is 0.971 bits per heavy atom. The minimum absolute atomic E-state index is 0.119. The molecule has 3 heterocycles. The van der Waals surface area contributed by atoms with E-state index in [9.17, 15) is 5.11 Å². The Bertz CT molecular complexity index is 1430. The summed E-state index contributed by atoms with van der Waals surface area (Å²) in [5, 5.41) is 15.3. The number of benzene rings is 2.